The highest BCUT2D eigenvalue weighted by Crippen LogP contribution is 2.38. The van der Waals surface area contributed by atoms with Gasteiger partial charge in [-0.1, -0.05) is 0 Å². The largest absolute Gasteiger partial charge is 0.481 e. The minimum Gasteiger partial charge on any atom is -0.481 e. The van der Waals surface area contributed by atoms with Crippen LogP contribution >= 0.6 is 0 Å². The predicted molar refractivity (Wildman–Crippen MR) is 56.0 cm³/mol. The number of aromatic nitrogens is 2. The van der Waals surface area contributed by atoms with Crippen LogP contribution in [0.4, 0.5) is 5.82 Å². The summed E-state index contributed by atoms with van der Waals surface area (Å²) in [4.78, 5) is 8.33. The van der Waals surface area contributed by atoms with E-state index in [1.807, 2.05) is 6.92 Å². The number of hydrogen-bond donors (Lipinski definition) is 2. The molecule has 2 N–H and O–H groups in total. The van der Waals surface area contributed by atoms with Crippen molar-refractivity contribution in [3.05, 3.63) is 11.9 Å². The zero-order valence-corrected chi connectivity index (χ0v) is 8.95. The van der Waals surface area contributed by atoms with Gasteiger partial charge in [0.05, 0.1) is 19.3 Å². The Kier molecular flexibility index (Phi) is 2.48. The Hall–Kier alpha value is -1.36. The third-order valence-corrected chi connectivity index (χ3v) is 2.57. The Morgan fingerprint density at radius 1 is 1.53 bits per heavy atom. The molecule has 0 saturated heterocycles. The summed E-state index contributed by atoms with van der Waals surface area (Å²) in [5, 5.41) is 12.4. The zero-order valence-electron chi connectivity index (χ0n) is 8.95. The summed E-state index contributed by atoms with van der Waals surface area (Å²) in [7, 11) is 1.57. The van der Waals surface area contributed by atoms with E-state index in [0.29, 0.717) is 17.5 Å². The van der Waals surface area contributed by atoms with E-state index in [1.54, 1.807) is 13.2 Å². The highest BCUT2D eigenvalue weighted by atomic mass is 16.5. The number of nitrogens with zero attached hydrogens (tertiary/aromatic N) is 2. The average Bonchev–Trinajstić information content (AvgIpc) is 2.97. The minimum absolute atomic E-state index is 0.137. The fourth-order valence-corrected chi connectivity index (χ4v) is 1.45. The van der Waals surface area contributed by atoms with Gasteiger partial charge in [-0.15, -0.1) is 0 Å². The van der Waals surface area contributed by atoms with Crippen LogP contribution in [-0.4, -0.2) is 34.3 Å². The molecule has 1 fully saturated rings. The quantitative estimate of drug-likeness (QED) is 0.765. The van der Waals surface area contributed by atoms with Crippen molar-refractivity contribution in [3.8, 4) is 5.88 Å². The van der Waals surface area contributed by atoms with Crippen LogP contribution in [-0.2, 0) is 0 Å². The molecule has 0 aromatic carbocycles. The lowest BCUT2D eigenvalue weighted by atomic mass is 10.3. The van der Waals surface area contributed by atoms with Gasteiger partial charge in [-0.2, -0.15) is 4.98 Å². The lowest BCUT2D eigenvalue weighted by Gasteiger charge is -2.15. The topological polar surface area (TPSA) is 67.3 Å². The molecule has 0 radical (unpaired) electrons. The summed E-state index contributed by atoms with van der Waals surface area (Å²) in [5.74, 6) is 1.91. The zero-order chi connectivity index (χ0) is 10.9. The molecule has 2 rings (SSSR count). The molecule has 5 nitrogen and oxygen atoms in total. The van der Waals surface area contributed by atoms with Crippen LogP contribution in [0.25, 0.3) is 0 Å². The standard InChI is InChI=1S/C10H15N3O2/c1-7-11-8(5-9(12-7)15-2)13-10(6-14)3-4-10/h5,14H,3-4,6H2,1-2H3,(H,11,12,13). The van der Waals surface area contributed by atoms with E-state index >= 15 is 0 Å². The third kappa shape index (κ3) is 2.18. The molecule has 0 atom stereocenters. The number of hydrogen-bond acceptors (Lipinski definition) is 5. The summed E-state index contributed by atoms with van der Waals surface area (Å²) in [5.41, 5.74) is -0.161. The van der Waals surface area contributed by atoms with Gasteiger partial charge in [-0.05, 0) is 19.8 Å². The van der Waals surface area contributed by atoms with Gasteiger partial charge in [-0.3, -0.25) is 0 Å². The van der Waals surface area contributed by atoms with Crippen LogP contribution in [0.3, 0.4) is 0 Å². The maximum Gasteiger partial charge on any atom is 0.218 e. The average molecular weight is 209 g/mol. The summed E-state index contributed by atoms with van der Waals surface area (Å²) in [6.45, 7) is 1.95. The molecule has 0 bridgehead atoms. The number of ether oxygens (including phenoxy) is 1. The fraction of sp³-hybridized carbons (Fsp3) is 0.600. The van der Waals surface area contributed by atoms with E-state index in [9.17, 15) is 5.11 Å². The molecule has 1 heterocycles. The lowest BCUT2D eigenvalue weighted by molar-refractivity contribution is 0.266. The normalized spacial score (nSPS) is 17.3. The smallest absolute Gasteiger partial charge is 0.218 e. The first-order chi connectivity index (χ1) is 7.17. The van der Waals surface area contributed by atoms with Crippen LogP contribution in [0.1, 0.15) is 18.7 Å². The van der Waals surface area contributed by atoms with Crippen molar-refractivity contribution in [1.29, 1.82) is 0 Å². The monoisotopic (exact) mass is 209 g/mol. The van der Waals surface area contributed by atoms with Crippen molar-refractivity contribution in [2.24, 2.45) is 0 Å². The van der Waals surface area contributed by atoms with Crippen LogP contribution in [0.5, 0.6) is 5.88 Å². The number of aliphatic hydroxyl groups is 1. The number of rotatable bonds is 4. The van der Waals surface area contributed by atoms with Gasteiger partial charge in [0.25, 0.3) is 0 Å². The van der Waals surface area contributed by atoms with Gasteiger partial charge in [-0.25, -0.2) is 4.98 Å². The van der Waals surface area contributed by atoms with Gasteiger partial charge < -0.3 is 15.2 Å². The second-order valence-electron chi connectivity index (χ2n) is 3.91. The van der Waals surface area contributed by atoms with Crippen molar-refractivity contribution < 1.29 is 9.84 Å². The van der Waals surface area contributed by atoms with E-state index in [0.717, 1.165) is 12.8 Å². The minimum atomic E-state index is -0.161. The molecule has 0 spiro atoms. The summed E-state index contributed by atoms with van der Waals surface area (Å²) in [6, 6.07) is 1.74. The van der Waals surface area contributed by atoms with Crippen LogP contribution in [0.15, 0.2) is 6.07 Å². The third-order valence-electron chi connectivity index (χ3n) is 2.57. The lowest BCUT2D eigenvalue weighted by Crippen LogP contribution is -2.26. The molecule has 15 heavy (non-hydrogen) atoms. The van der Waals surface area contributed by atoms with E-state index in [4.69, 9.17) is 4.74 Å². The summed E-state index contributed by atoms with van der Waals surface area (Å²) >= 11 is 0. The summed E-state index contributed by atoms with van der Waals surface area (Å²) < 4.78 is 5.05. The first-order valence-corrected chi connectivity index (χ1v) is 4.96. The molecule has 1 aliphatic carbocycles. The first kappa shape index (κ1) is 10.2. The molecule has 82 valence electrons. The van der Waals surface area contributed by atoms with Crippen molar-refractivity contribution in [2.75, 3.05) is 19.0 Å². The molecule has 1 aromatic rings. The van der Waals surface area contributed by atoms with Gasteiger partial charge in [0, 0.05) is 6.07 Å². The van der Waals surface area contributed by atoms with Crippen molar-refractivity contribution in [3.63, 3.8) is 0 Å². The molecule has 1 saturated carbocycles. The molecule has 0 unspecified atom stereocenters. The van der Waals surface area contributed by atoms with Crippen molar-refractivity contribution in [1.82, 2.24) is 9.97 Å². The molecule has 1 aliphatic rings. The Balaban J connectivity index is 2.17. The van der Waals surface area contributed by atoms with Gasteiger partial charge in [0.2, 0.25) is 5.88 Å². The molecule has 1 aromatic heterocycles. The van der Waals surface area contributed by atoms with E-state index in [2.05, 4.69) is 15.3 Å². The molecule has 5 heteroatoms. The maximum absolute atomic E-state index is 9.18. The second-order valence-corrected chi connectivity index (χ2v) is 3.91. The van der Waals surface area contributed by atoms with Crippen molar-refractivity contribution >= 4 is 5.82 Å². The van der Waals surface area contributed by atoms with Gasteiger partial charge in [0.1, 0.15) is 11.6 Å². The van der Waals surface area contributed by atoms with E-state index in [1.165, 1.54) is 0 Å². The number of anilines is 1. The Bertz CT molecular complexity index is 364. The maximum atomic E-state index is 9.18. The second kappa shape index (κ2) is 3.66. The molecular weight excluding hydrogens is 194 g/mol. The van der Waals surface area contributed by atoms with Crippen molar-refractivity contribution in [2.45, 2.75) is 25.3 Å². The number of aliphatic hydroxyl groups excluding tert-OH is 1. The Morgan fingerprint density at radius 2 is 2.27 bits per heavy atom. The number of nitrogens with one attached hydrogen (secondary N) is 1. The first-order valence-electron chi connectivity index (χ1n) is 4.96. The predicted octanol–water partition coefficient (Wildman–Crippen LogP) is 0.730. The molecule has 0 amide bonds. The number of methoxy groups -OCH3 is 1. The molecular formula is C10H15N3O2. The Morgan fingerprint density at radius 3 is 2.80 bits per heavy atom. The fourth-order valence-electron chi connectivity index (χ4n) is 1.45. The van der Waals surface area contributed by atoms with E-state index in [-0.39, 0.29) is 12.1 Å². The van der Waals surface area contributed by atoms with E-state index < -0.39 is 0 Å². The highest BCUT2D eigenvalue weighted by molar-refractivity contribution is 5.43. The van der Waals surface area contributed by atoms with Gasteiger partial charge >= 0.3 is 0 Å². The highest BCUT2D eigenvalue weighted by Gasteiger charge is 2.42. The van der Waals surface area contributed by atoms with Crippen LogP contribution in [0, 0.1) is 6.92 Å². The molecule has 0 aliphatic heterocycles. The SMILES string of the molecule is COc1cc(NC2(CO)CC2)nc(C)n1. The van der Waals surface area contributed by atoms with Crippen LogP contribution in [0.2, 0.25) is 0 Å². The van der Waals surface area contributed by atoms with Crippen LogP contribution < -0.4 is 10.1 Å². The summed E-state index contributed by atoms with van der Waals surface area (Å²) in [6.07, 6.45) is 1.96. The number of aryl methyl sites for hydroxylation is 1. The Labute approximate surface area is 88.5 Å². The van der Waals surface area contributed by atoms with Gasteiger partial charge in [0.15, 0.2) is 0 Å².